The summed E-state index contributed by atoms with van der Waals surface area (Å²) >= 11 is 0. The highest BCUT2D eigenvalue weighted by atomic mass is 35.5. The molecule has 0 radical (unpaired) electrons. The van der Waals surface area contributed by atoms with Crippen LogP contribution in [0.5, 0.6) is 0 Å². The lowest BCUT2D eigenvalue weighted by Gasteiger charge is -2.06. The molecule has 0 aliphatic rings. The first-order valence-corrected chi connectivity index (χ1v) is 5.90. The summed E-state index contributed by atoms with van der Waals surface area (Å²) in [7, 11) is 0. The second kappa shape index (κ2) is 7.62. The standard InChI is InChI=1S/C15H15FN2O.ClH/c16-14-6-4-11(5-7-14)9-19-10-12-2-1-3-13(8-12)15(17)18;/h1-8H,9-10H2,(H3,17,18);1H. The maximum atomic E-state index is 12.7. The Kier molecular flexibility index (Phi) is 6.15. The van der Waals surface area contributed by atoms with Gasteiger partial charge in [-0.3, -0.25) is 5.41 Å². The number of nitrogen functional groups attached to an aromatic ring is 1. The van der Waals surface area contributed by atoms with Crippen LogP contribution < -0.4 is 5.73 Å². The van der Waals surface area contributed by atoms with Crippen molar-refractivity contribution in [3.8, 4) is 0 Å². The molecule has 0 aliphatic carbocycles. The van der Waals surface area contributed by atoms with Gasteiger partial charge in [0.1, 0.15) is 11.7 Å². The molecule has 0 amide bonds. The quantitative estimate of drug-likeness (QED) is 0.657. The number of ether oxygens (including phenoxy) is 1. The summed E-state index contributed by atoms with van der Waals surface area (Å²) in [5.41, 5.74) is 7.98. The Hall–Kier alpha value is -1.91. The molecule has 2 rings (SSSR count). The van der Waals surface area contributed by atoms with Crippen molar-refractivity contribution in [1.29, 1.82) is 5.41 Å². The van der Waals surface area contributed by atoms with Gasteiger partial charge in [0, 0.05) is 5.56 Å². The minimum atomic E-state index is -0.252. The Morgan fingerprint density at radius 2 is 1.70 bits per heavy atom. The average molecular weight is 295 g/mol. The third-order valence-corrected chi connectivity index (χ3v) is 2.69. The number of nitrogens with one attached hydrogen (secondary N) is 1. The van der Waals surface area contributed by atoms with Crippen LogP contribution in [0.4, 0.5) is 4.39 Å². The van der Waals surface area contributed by atoms with Gasteiger partial charge in [0.05, 0.1) is 13.2 Å². The van der Waals surface area contributed by atoms with Crippen molar-refractivity contribution in [2.75, 3.05) is 0 Å². The molecule has 0 spiro atoms. The van der Waals surface area contributed by atoms with Crippen LogP contribution in [0.25, 0.3) is 0 Å². The number of hydrogen-bond donors (Lipinski definition) is 2. The van der Waals surface area contributed by atoms with Crippen molar-refractivity contribution in [3.05, 3.63) is 71.0 Å². The van der Waals surface area contributed by atoms with Crippen LogP contribution in [-0.4, -0.2) is 5.84 Å². The van der Waals surface area contributed by atoms with E-state index in [1.807, 2.05) is 18.2 Å². The van der Waals surface area contributed by atoms with Gasteiger partial charge in [-0.25, -0.2) is 4.39 Å². The lowest BCUT2D eigenvalue weighted by Crippen LogP contribution is -2.11. The minimum absolute atomic E-state index is 0. The van der Waals surface area contributed by atoms with E-state index in [4.69, 9.17) is 15.9 Å². The molecule has 2 aromatic rings. The van der Waals surface area contributed by atoms with E-state index < -0.39 is 0 Å². The molecule has 0 aromatic heterocycles. The van der Waals surface area contributed by atoms with E-state index in [1.165, 1.54) is 12.1 Å². The predicted molar refractivity (Wildman–Crippen MR) is 79.6 cm³/mol. The molecule has 0 saturated heterocycles. The predicted octanol–water partition coefficient (Wildman–Crippen LogP) is 3.25. The number of rotatable bonds is 5. The summed E-state index contributed by atoms with van der Waals surface area (Å²) in [4.78, 5) is 0. The van der Waals surface area contributed by atoms with Crippen molar-refractivity contribution in [2.45, 2.75) is 13.2 Å². The Morgan fingerprint density at radius 3 is 2.35 bits per heavy atom. The molecule has 0 unspecified atom stereocenters. The molecule has 0 fully saturated rings. The third kappa shape index (κ3) is 4.64. The van der Waals surface area contributed by atoms with Gasteiger partial charge in [-0.15, -0.1) is 12.4 Å². The Morgan fingerprint density at radius 1 is 1.05 bits per heavy atom. The zero-order valence-electron chi connectivity index (χ0n) is 10.8. The lowest BCUT2D eigenvalue weighted by molar-refractivity contribution is 0.107. The molecular weight excluding hydrogens is 279 g/mol. The van der Waals surface area contributed by atoms with E-state index in [9.17, 15) is 4.39 Å². The molecule has 5 heteroatoms. The second-order valence-corrected chi connectivity index (χ2v) is 4.23. The maximum absolute atomic E-state index is 12.7. The molecule has 2 aromatic carbocycles. The molecular formula is C15H16ClFN2O. The summed E-state index contributed by atoms with van der Waals surface area (Å²) < 4.78 is 18.3. The number of nitrogens with two attached hydrogens (primary N) is 1. The highest BCUT2D eigenvalue weighted by Gasteiger charge is 1.99. The van der Waals surface area contributed by atoms with E-state index in [1.54, 1.807) is 18.2 Å². The van der Waals surface area contributed by atoms with Crippen LogP contribution in [0.15, 0.2) is 48.5 Å². The number of benzene rings is 2. The fourth-order valence-electron chi connectivity index (χ4n) is 1.70. The van der Waals surface area contributed by atoms with Crippen molar-refractivity contribution in [1.82, 2.24) is 0 Å². The van der Waals surface area contributed by atoms with Crippen molar-refractivity contribution < 1.29 is 9.13 Å². The van der Waals surface area contributed by atoms with Crippen molar-refractivity contribution in [2.24, 2.45) is 5.73 Å². The van der Waals surface area contributed by atoms with Gasteiger partial charge in [0.25, 0.3) is 0 Å². The molecule has 3 nitrogen and oxygen atoms in total. The van der Waals surface area contributed by atoms with Crippen LogP contribution in [0.3, 0.4) is 0 Å². The third-order valence-electron chi connectivity index (χ3n) is 2.69. The summed E-state index contributed by atoms with van der Waals surface area (Å²) in [5, 5.41) is 7.37. The van der Waals surface area contributed by atoms with Gasteiger partial charge in [-0.1, -0.05) is 30.3 Å². The summed E-state index contributed by atoms with van der Waals surface area (Å²) in [6.45, 7) is 0.850. The normalized spacial score (nSPS) is 9.85. The van der Waals surface area contributed by atoms with Gasteiger partial charge in [0.2, 0.25) is 0 Å². The number of amidine groups is 1. The van der Waals surface area contributed by atoms with E-state index >= 15 is 0 Å². The smallest absolute Gasteiger partial charge is 0.123 e. The summed E-state index contributed by atoms with van der Waals surface area (Å²) in [6, 6.07) is 13.6. The van der Waals surface area contributed by atoms with Crippen LogP contribution in [0.2, 0.25) is 0 Å². The SMILES string of the molecule is Cl.N=C(N)c1cccc(COCc2ccc(F)cc2)c1. The molecule has 20 heavy (non-hydrogen) atoms. The highest BCUT2D eigenvalue weighted by molar-refractivity contribution is 5.95. The highest BCUT2D eigenvalue weighted by Crippen LogP contribution is 2.09. The second-order valence-electron chi connectivity index (χ2n) is 4.23. The Bertz CT molecular complexity index is 572. The number of hydrogen-bond acceptors (Lipinski definition) is 2. The lowest BCUT2D eigenvalue weighted by atomic mass is 10.1. The van der Waals surface area contributed by atoms with Crippen LogP contribution in [0, 0.1) is 11.2 Å². The van der Waals surface area contributed by atoms with Crippen molar-refractivity contribution >= 4 is 18.2 Å². The summed E-state index contributed by atoms with van der Waals surface area (Å²) in [5.74, 6) is -0.210. The van der Waals surface area contributed by atoms with E-state index in [0.717, 1.165) is 11.1 Å². The maximum Gasteiger partial charge on any atom is 0.123 e. The molecule has 3 N–H and O–H groups in total. The van der Waals surface area contributed by atoms with Gasteiger partial charge in [-0.2, -0.15) is 0 Å². The number of halogens is 2. The largest absolute Gasteiger partial charge is 0.384 e. The monoisotopic (exact) mass is 294 g/mol. The van der Waals surface area contributed by atoms with Gasteiger partial charge < -0.3 is 10.5 Å². The molecule has 0 saturated carbocycles. The van der Waals surface area contributed by atoms with Gasteiger partial charge >= 0.3 is 0 Å². The molecule has 0 heterocycles. The molecule has 0 atom stereocenters. The summed E-state index contributed by atoms with van der Waals surface area (Å²) in [6.07, 6.45) is 0. The molecule has 0 aliphatic heterocycles. The first-order valence-electron chi connectivity index (χ1n) is 5.90. The Labute approximate surface area is 123 Å². The van der Waals surface area contributed by atoms with Crippen LogP contribution in [0.1, 0.15) is 16.7 Å². The fourth-order valence-corrected chi connectivity index (χ4v) is 1.70. The van der Waals surface area contributed by atoms with Crippen molar-refractivity contribution in [3.63, 3.8) is 0 Å². The first-order chi connectivity index (χ1) is 9.15. The van der Waals surface area contributed by atoms with Crippen LogP contribution in [-0.2, 0) is 18.0 Å². The van der Waals surface area contributed by atoms with Crippen LogP contribution >= 0.6 is 12.4 Å². The minimum Gasteiger partial charge on any atom is -0.384 e. The topological polar surface area (TPSA) is 59.1 Å². The molecule has 0 bridgehead atoms. The zero-order chi connectivity index (χ0) is 13.7. The van der Waals surface area contributed by atoms with E-state index in [-0.39, 0.29) is 24.1 Å². The van der Waals surface area contributed by atoms with E-state index in [0.29, 0.717) is 18.8 Å². The van der Waals surface area contributed by atoms with E-state index in [2.05, 4.69) is 0 Å². The Balaban J connectivity index is 0.00000200. The average Bonchev–Trinajstić information content (AvgIpc) is 2.41. The zero-order valence-corrected chi connectivity index (χ0v) is 11.6. The van der Waals surface area contributed by atoms with Gasteiger partial charge in [0.15, 0.2) is 0 Å². The molecule has 106 valence electrons. The van der Waals surface area contributed by atoms with Gasteiger partial charge in [-0.05, 0) is 29.3 Å². The fraction of sp³-hybridized carbons (Fsp3) is 0.133. The first kappa shape index (κ1) is 16.1.